The first-order chi connectivity index (χ1) is 10.7. The molecule has 3 heterocycles. The molecule has 5 nitrogen and oxygen atoms in total. The maximum atomic E-state index is 13.0. The van der Waals surface area contributed by atoms with Crippen LogP contribution in [0.5, 0.6) is 0 Å². The minimum atomic E-state index is 0.0920. The lowest BCUT2D eigenvalue weighted by Crippen LogP contribution is -2.35. The molecule has 0 bridgehead atoms. The molecule has 2 aromatic heterocycles. The number of carbonyl (C=O) groups excluding carboxylic acids is 1. The summed E-state index contributed by atoms with van der Waals surface area (Å²) in [5, 5.41) is 4.21. The van der Waals surface area contributed by atoms with Gasteiger partial charge in [0.05, 0.1) is 17.8 Å². The Labute approximate surface area is 131 Å². The van der Waals surface area contributed by atoms with Gasteiger partial charge in [0.25, 0.3) is 5.91 Å². The Hall–Kier alpha value is -2.17. The van der Waals surface area contributed by atoms with Gasteiger partial charge in [-0.3, -0.25) is 14.5 Å². The van der Waals surface area contributed by atoms with Gasteiger partial charge < -0.3 is 4.90 Å². The Morgan fingerprint density at radius 1 is 1.23 bits per heavy atom. The quantitative estimate of drug-likeness (QED) is 0.856. The van der Waals surface area contributed by atoms with Crippen molar-refractivity contribution in [2.45, 2.75) is 38.6 Å². The van der Waals surface area contributed by atoms with Crippen molar-refractivity contribution in [2.24, 2.45) is 7.05 Å². The molecule has 1 saturated heterocycles. The third-order valence-corrected chi connectivity index (χ3v) is 4.57. The van der Waals surface area contributed by atoms with Crippen LogP contribution in [-0.2, 0) is 7.05 Å². The zero-order valence-corrected chi connectivity index (χ0v) is 13.2. The van der Waals surface area contributed by atoms with Crippen LogP contribution in [0.25, 0.3) is 0 Å². The van der Waals surface area contributed by atoms with E-state index in [0.717, 1.165) is 31.5 Å². The molecule has 0 aliphatic carbocycles. The van der Waals surface area contributed by atoms with Gasteiger partial charge in [-0.05, 0) is 37.5 Å². The number of aromatic nitrogens is 3. The van der Waals surface area contributed by atoms with Gasteiger partial charge in [0.2, 0.25) is 0 Å². The van der Waals surface area contributed by atoms with E-state index in [0.29, 0.717) is 5.56 Å². The highest BCUT2D eigenvalue weighted by molar-refractivity contribution is 5.95. The molecule has 0 spiro atoms. The van der Waals surface area contributed by atoms with Gasteiger partial charge in [-0.1, -0.05) is 12.8 Å². The number of likely N-dealkylation sites (tertiary alicyclic amines) is 1. The fourth-order valence-electron chi connectivity index (χ4n) is 3.15. The Balaban J connectivity index is 1.94. The average Bonchev–Trinajstić information content (AvgIpc) is 2.77. The third-order valence-electron chi connectivity index (χ3n) is 4.57. The molecule has 116 valence electrons. The lowest BCUT2D eigenvalue weighted by atomic mass is 10.0. The van der Waals surface area contributed by atoms with Gasteiger partial charge in [-0.15, -0.1) is 0 Å². The van der Waals surface area contributed by atoms with Crippen LogP contribution in [0.1, 0.15) is 53.3 Å². The van der Waals surface area contributed by atoms with Crippen molar-refractivity contribution in [3.05, 3.63) is 47.5 Å². The Kier molecular flexibility index (Phi) is 4.22. The predicted molar refractivity (Wildman–Crippen MR) is 84.4 cm³/mol. The van der Waals surface area contributed by atoms with Crippen molar-refractivity contribution < 1.29 is 4.79 Å². The summed E-state index contributed by atoms with van der Waals surface area (Å²) in [7, 11) is 1.87. The highest BCUT2D eigenvalue weighted by Crippen LogP contribution is 2.31. The Morgan fingerprint density at radius 2 is 2.00 bits per heavy atom. The smallest absolute Gasteiger partial charge is 0.257 e. The first kappa shape index (κ1) is 14.8. The number of nitrogens with zero attached hydrogens (tertiary/aromatic N) is 4. The van der Waals surface area contributed by atoms with E-state index in [1.54, 1.807) is 23.3 Å². The van der Waals surface area contributed by atoms with Gasteiger partial charge in [0, 0.05) is 31.7 Å². The van der Waals surface area contributed by atoms with Crippen LogP contribution >= 0.6 is 0 Å². The fraction of sp³-hybridized carbons (Fsp3) is 0.471. The standard InChI is InChI=1S/C17H22N4O/c1-13-15(12-19-20(13)2)17(22)21-11-5-3-4-6-16(21)14-7-9-18-10-8-14/h7-10,12,16H,3-6,11H2,1-2H3/t16-/m1/s1. The summed E-state index contributed by atoms with van der Waals surface area (Å²) in [5.74, 6) is 0.0920. The topological polar surface area (TPSA) is 51.0 Å². The molecule has 0 N–H and O–H groups in total. The highest BCUT2D eigenvalue weighted by Gasteiger charge is 2.29. The van der Waals surface area contributed by atoms with Gasteiger partial charge in [0.1, 0.15) is 0 Å². The van der Waals surface area contributed by atoms with E-state index < -0.39 is 0 Å². The summed E-state index contributed by atoms with van der Waals surface area (Å²) in [6, 6.07) is 4.18. The molecule has 3 rings (SSSR count). The monoisotopic (exact) mass is 298 g/mol. The molecule has 2 aromatic rings. The van der Waals surface area contributed by atoms with Gasteiger partial charge >= 0.3 is 0 Å². The lowest BCUT2D eigenvalue weighted by molar-refractivity contribution is 0.0680. The summed E-state index contributed by atoms with van der Waals surface area (Å²) in [6.45, 7) is 2.75. The molecule has 0 saturated carbocycles. The molecule has 1 amide bonds. The first-order valence-electron chi connectivity index (χ1n) is 7.88. The maximum Gasteiger partial charge on any atom is 0.257 e. The number of amides is 1. The normalized spacial score (nSPS) is 19.0. The van der Waals surface area contributed by atoms with E-state index in [1.807, 2.05) is 31.0 Å². The second kappa shape index (κ2) is 6.30. The molecule has 22 heavy (non-hydrogen) atoms. The SMILES string of the molecule is Cc1c(C(=O)N2CCCCC[C@@H]2c2ccncc2)cnn1C. The molecule has 0 radical (unpaired) electrons. The third kappa shape index (κ3) is 2.75. The van der Waals surface area contributed by atoms with Crippen molar-refractivity contribution in [1.29, 1.82) is 0 Å². The largest absolute Gasteiger partial charge is 0.332 e. The maximum absolute atomic E-state index is 13.0. The zero-order valence-electron chi connectivity index (χ0n) is 13.2. The fourth-order valence-corrected chi connectivity index (χ4v) is 3.15. The summed E-state index contributed by atoms with van der Waals surface area (Å²) in [4.78, 5) is 19.1. The summed E-state index contributed by atoms with van der Waals surface area (Å²) < 4.78 is 1.76. The average molecular weight is 298 g/mol. The summed E-state index contributed by atoms with van der Waals surface area (Å²) in [6.07, 6.45) is 9.70. The van der Waals surface area contributed by atoms with E-state index >= 15 is 0 Å². The molecule has 0 unspecified atom stereocenters. The highest BCUT2D eigenvalue weighted by atomic mass is 16.2. The Morgan fingerprint density at radius 3 is 2.68 bits per heavy atom. The number of pyridine rings is 1. The van der Waals surface area contributed by atoms with Crippen LogP contribution in [0, 0.1) is 6.92 Å². The van der Waals surface area contributed by atoms with Gasteiger partial charge in [0.15, 0.2) is 0 Å². The van der Waals surface area contributed by atoms with Gasteiger partial charge in [-0.25, -0.2) is 0 Å². The first-order valence-corrected chi connectivity index (χ1v) is 7.88. The van der Waals surface area contributed by atoms with Crippen LogP contribution in [-0.4, -0.2) is 32.1 Å². The van der Waals surface area contributed by atoms with E-state index in [2.05, 4.69) is 10.1 Å². The van der Waals surface area contributed by atoms with Crippen molar-refractivity contribution >= 4 is 5.91 Å². The van der Waals surface area contributed by atoms with Crippen LogP contribution < -0.4 is 0 Å². The minimum absolute atomic E-state index is 0.0920. The second-order valence-corrected chi connectivity index (χ2v) is 5.91. The van der Waals surface area contributed by atoms with Crippen molar-refractivity contribution in [2.75, 3.05) is 6.54 Å². The van der Waals surface area contributed by atoms with E-state index in [4.69, 9.17) is 0 Å². The molecular weight excluding hydrogens is 276 g/mol. The second-order valence-electron chi connectivity index (χ2n) is 5.91. The molecule has 5 heteroatoms. The number of aryl methyl sites for hydroxylation is 1. The molecular formula is C17H22N4O. The van der Waals surface area contributed by atoms with Crippen molar-refractivity contribution in [3.8, 4) is 0 Å². The number of hydrogen-bond donors (Lipinski definition) is 0. The molecule has 1 atom stereocenters. The zero-order chi connectivity index (χ0) is 15.5. The van der Waals surface area contributed by atoms with Gasteiger partial charge in [-0.2, -0.15) is 5.10 Å². The Bertz CT molecular complexity index is 650. The molecule has 1 fully saturated rings. The van der Waals surface area contributed by atoms with Crippen molar-refractivity contribution in [1.82, 2.24) is 19.7 Å². The molecule has 0 aromatic carbocycles. The summed E-state index contributed by atoms with van der Waals surface area (Å²) in [5.41, 5.74) is 2.80. The minimum Gasteiger partial charge on any atom is -0.332 e. The lowest BCUT2D eigenvalue weighted by Gasteiger charge is -2.30. The van der Waals surface area contributed by atoms with E-state index in [-0.39, 0.29) is 11.9 Å². The molecule has 1 aliphatic rings. The number of carbonyl (C=O) groups is 1. The van der Waals surface area contributed by atoms with Crippen LogP contribution in [0.15, 0.2) is 30.7 Å². The predicted octanol–water partition coefficient (Wildman–Crippen LogP) is 2.88. The number of rotatable bonds is 2. The van der Waals surface area contributed by atoms with Crippen LogP contribution in [0.2, 0.25) is 0 Å². The van der Waals surface area contributed by atoms with E-state index in [1.165, 1.54) is 12.0 Å². The van der Waals surface area contributed by atoms with Crippen LogP contribution in [0.4, 0.5) is 0 Å². The molecule has 1 aliphatic heterocycles. The number of hydrogen-bond acceptors (Lipinski definition) is 3. The van der Waals surface area contributed by atoms with Crippen molar-refractivity contribution in [3.63, 3.8) is 0 Å². The van der Waals surface area contributed by atoms with E-state index in [9.17, 15) is 4.79 Å². The summed E-state index contributed by atoms with van der Waals surface area (Å²) >= 11 is 0. The van der Waals surface area contributed by atoms with Crippen LogP contribution in [0.3, 0.4) is 0 Å².